The number of ketones is 1. The Morgan fingerprint density at radius 3 is 2.43 bits per heavy atom. The summed E-state index contributed by atoms with van der Waals surface area (Å²) in [5.41, 5.74) is 2.46. The normalized spacial score (nSPS) is 10.1. The molecule has 0 amide bonds. The number of nitrogens with one attached hydrogen (secondary N) is 1. The fourth-order valence-corrected chi connectivity index (χ4v) is 1.43. The second kappa shape index (κ2) is 3.50. The summed E-state index contributed by atoms with van der Waals surface area (Å²) in [4.78, 5) is 14.8. The van der Waals surface area contributed by atoms with Crippen LogP contribution in [-0.4, -0.2) is 10.8 Å². The molecular weight excluding hydrogens is 174 g/mol. The Labute approximate surface area is 82.6 Å². The molecule has 1 N–H and O–H groups in total. The molecule has 0 atom stereocenters. The molecular formula is C12H11NO. The van der Waals surface area contributed by atoms with Crippen molar-refractivity contribution in [1.82, 2.24) is 4.98 Å². The highest BCUT2D eigenvalue weighted by Crippen LogP contribution is 2.12. The van der Waals surface area contributed by atoms with Crippen molar-refractivity contribution in [3.8, 4) is 0 Å². The maximum Gasteiger partial charge on any atom is 0.194 e. The minimum absolute atomic E-state index is 0.0735. The molecule has 0 unspecified atom stereocenters. The van der Waals surface area contributed by atoms with Gasteiger partial charge in [0.05, 0.1) is 0 Å². The highest BCUT2D eigenvalue weighted by atomic mass is 16.1. The Bertz CT molecular complexity index is 442. The van der Waals surface area contributed by atoms with E-state index >= 15 is 0 Å². The molecule has 2 rings (SSSR count). The Morgan fingerprint density at radius 1 is 1.14 bits per heavy atom. The number of aryl methyl sites for hydroxylation is 1. The lowest BCUT2D eigenvalue weighted by Crippen LogP contribution is -2.00. The summed E-state index contributed by atoms with van der Waals surface area (Å²) >= 11 is 0. The van der Waals surface area contributed by atoms with Crippen molar-refractivity contribution in [2.75, 3.05) is 0 Å². The summed E-state index contributed by atoms with van der Waals surface area (Å²) in [5, 5.41) is 0. The number of hydrogen-bond donors (Lipinski definition) is 1. The smallest absolute Gasteiger partial charge is 0.194 e. The molecule has 1 heterocycles. The van der Waals surface area contributed by atoms with Gasteiger partial charge in [0.2, 0.25) is 0 Å². The number of aromatic nitrogens is 1. The molecule has 0 aliphatic rings. The van der Waals surface area contributed by atoms with Gasteiger partial charge in [-0.2, -0.15) is 0 Å². The van der Waals surface area contributed by atoms with E-state index < -0.39 is 0 Å². The first-order valence-electron chi connectivity index (χ1n) is 4.52. The van der Waals surface area contributed by atoms with Gasteiger partial charge >= 0.3 is 0 Å². The van der Waals surface area contributed by atoms with Crippen LogP contribution in [0.2, 0.25) is 0 Å². The Kier molecular flexibility index (Phi) is 2.19. The van der Waals surface area contributed by atoms with Gasteiger partial charge in [0.1, 0.15) is 0 Å². The monoisotopic (exact) mass is 185 g/mol. The second-order valence-electron chi connectivity index (χ2n) is 3.25. The zero-order chi connectivity index (χ0) is 9.97. The van der Waals surface area contributed by atoms with E-state index in [2.05, 4.69) is 4.98 Å². The summed E-state index contributed by atoms with van der Waals surface area (Å²) in [6.07, 6.45) is 3.57. The number of rotatable bonds is 2. The lowest BCUT2D eigenvalue weighted by atomic mass is 10.0. The largest absolute Gasteiger partial charge is 0.367 e. The van der Waals surface area contributed by atoms with E-state index in [1.54, 1.807) is 6.20 Å². The molecule has 1 aromatic heterocycles. The lowest BCUT2D eigenvalue weighted by Gasteiger charge is -1.98. The SMILES string of the molecule is Cc1c[nH]cc1C(=O)c1ccccc1. The van der Waals surface area contributed by atoms with Gasteiger partial charge in [0.25, 0.3) is 0 Å². The summed E-state index contributed by atoms with van der Waals surface area (Å²) < 4.78 is 0. The number of carbonyl (C=O) groups is 1. The first-order valence-corrected chi connectivity index (χ1v) is 4.52. The molecule has 0 saturated carbocycles. The molecule has 1 aromatic carbocycles. The predicted octanol–water partition coefficient (Wildman–Crippen LogP) is 2.55. The molecule has 2 aromatic rings. The van der Waals surface area contributed by atoms with Gasteiger partial charge in [-0.1, -0.05) is 30.3 Å². The van der Waals surface area contributed by atoms with E-state index in [9.17, 15) is 4.79 Å². The average molecular weight is 185 g/mol. The van der Waals surface area contributed by atoms with Crippen molar-refractivity contribution >= 4 is 5.78 Å². The molecule has 0 saturated heterocycles. The minimum atomic E-state index is 0.0735. The van der Waals surface area contributed by atoms with E-state index in [1.807, 2.05) is 43.5 Å². The average Bonchev–Trinajstić information content (AvgIpc) is 2.65. The van der Waals surface area contributed by atoms with Gasteiger partial charge in [-0.3, -0.25) is 4.79 Å². The fourth-order valence-electron chi connectivity index (χ4n) is 1.43. The van der Waals surface area contributed by atoms with Crippen LogP contribution in [0.1, 0.15) is 21.5 Å². The molecule has 2 heteroatoms. The second-order valence-corrected chi connectivity index (χ2v) is 3.25. The molecule has 0 radical (unpaired) electrons. The van der Waals surface area contributed by atoms with Gasteiger partial charge in [-0.25, -0.2) is 0 Å². The van der Waals surface area contributed by atoms with Crippen LogP contribution in [-0.2, 0) is 0 Å². The van der Waals surface area contributed by atoms with E-state index in [0.29, 0.717) is 0 Å². The number of benzene rings is 1. The highest BCUT2D eigenvalue weighted by Gasteiger charge is 2.10. The molecule has 0 aliphatic carbocycles. The van der Waals surface area contributed by atoms with Gasteiger partial charge in [0.15, 0.2) is 5.78 Å². The Hall–Kier alpha value is -1.83. The van der Waals surface area contributed by atoms with E-state index in [1.165, 1.54) is 0 Å². The number of aromatic amines is 1. The lowest BCUT2D eigenvalue weighted by molar-refractivity contribution is 0.103. The van der Waals surface area contributed by atoms with Crippen LogP contribution < -0.4 is 0 Å². The number of H-pyrrole nitrogens is 1. The van der Waals surface area contributed by atoms with Crippen molar-refractivity contribution in [1.29, 1.82) is 0 Å². The summed E-state index contributed by atoms with van der Waals surface area (Å²) in [7, 11) is 0. The molecule has 14 heavy (non-hydrogen) atoms. The van der Waals surface area contributed by atoms with E-state index in [0.717, 1.165) is 16.7 Å². The highest BCUT2D eigenvalue weighted by molar-refractivity contribution is 6.09. The summed E-state index contributed by atoms with van der Waals surface area (Å²) in [6.45, 7) is 1.92. The minimum Gasteiger partial charge on any atom is -0.367 e. The van der Waals surface area contributed by atoms with Crippen LogP contribution >= 0.6 is 0 Å². The molecule has 70 valence electrons. The van der Waals surface area contributed by atoms with Crippen LogP contribution in [0.4, 0.5) is 0 Å². The number of carbonyl (C=O) groups excluding carboxylic acids is 1. The maximum absolute atomic E-state index is 11.9. The zero-order valence-corrected chi connectivity index (χ0v) is 7.95. The van der Waals surface area contributed by atoms with Crippen molar-refractivity contribution in [3.05, 3.63) is 59.4 Å². The third-order valence-electron chi connectivity index (χ3n) is 2.23. The quantitative estimate of drug-likeness (QED) is 0.716. The van der Waals surface area contributed by atoms with E-state index in [-0.39, 0.29) is 5.78 Å². The van der Waals surface area contributed by atoms with Crippen LogP contribution in [0, 0.1) is 6.92 Å². The topological polar surface area (TPSA) is 32.9 Å². The molecule has 0 fully saturated rings. The van der Waals surface area contributed by atoms with Gasteiger partial charge in [-0.15, -0.1) is 0 Å². The van der Waals surface area contributed by atoms with Crippen molar-refractivity contribution in [3.63, 3.8) is 0 Å². The molecule has 2 nitrogen and oxygen atoms in total. The van der Waals surface area contributed by atoms with Gasteiger partial charge in [-0.05, 0) is 12.5 Å². The molecule has 0 aliphatic heterocycles. The van der Waals surface area contributed by atoms with Crippen molar-refractivity contribution in [2.45, 2.75) is 6.92 Å². The fraction of sp³-hybridized carbons (Fsp3) is 0.0833. The Morgan fingerprint density at radius 2 is 1.86 bits per heavy atom. The summed E-state index contributed by atoms with van der Waals surface area (Å²) in [6, 6.07) is 9.30. The van der Waals surface area contributed by atoms with Crippen LogP contribution in [0.15, 0.2) is 42.7 Å². The van der Waals surface area contributed by atoms with Crippen molar-refractivity contribution in [2.24, 2.45) is 0 Å². The number of hydrogen-bond acceptors (Lipinski definition) is 1. The van der Waals surface area contributed by atoms with Crippen LogP contribution in [0.3, 0.4) is 0 Å². The van der Waals surface area contributed by atoms with Gasteiger partial charge < -0.3 is 4.98 Å². The zero-order valence-electron chi connectivity index (χ0n) is 7.95. The summed E-state index contributed by atoms with van der Waals surface area (Å²) in [5.74, 6) is 0.0735. The van der Waals surface area contributed by atoms with Crippen LogP contribution in [0.25, 0.3) is 0 Å². The first-order chi connectivity index (χ1) is 6.79. The molecule has 0 spiro atoms. The molecule has 0 bridgehead atoms. The van der Waals surface area contributed by atoms with Gasteiger partial charge in [0, 0.05) is 23.5 Å². The standard InChI is InChI=1S/C12H11NO/c1-9-7-13-8-11(9)12(14)10-5-3-2-4-6-10/h2-8,13H,1H3. The van der Waals surface area contributed by atoms with Crippen molar-refractivity contribution < 1.29 is 4.79 Å². The third kappa shape index (κ3) is 1.46. The first kappa shape index (κ1) is 8.75. The third-order valence-corrected chi connectivity index (χ3v) is 2.23. The van der Waals surface area contributed by atoms with E-state index in [4.69, 9.17) is 0 Å². The Balaban J connectivity index is 2.39. The van der Waals surface area contributed by atoms with Crippen LogP contribution in [0.5, 0.6) is 0 Å². The predicted molar refractivity (Wildman–Crippen MR) is 55.4 cm³/mol. The maximum atomic E-state index is 11.9.